The quantitative estimate of drug-likeness (QED) is 0.383. The predicted octanol–water partition coefficient (Wildman–Crippen LogP) is 1.78. The van der Waals surface area contributed by atoms with E-state index in [0.29, 0.717) is 24.2 Å². The number of nitrogens with zero attached hydrogens (tertiary/aromatic N) is 1. The van der Waals surface area contributed by atoms with Crippen molar-refractivity contribution in [2.24, 2.45) is 4.99 Å². The molecule has 0 aliphatic carbocycles. The predicted molar refractivity (Wildman–Crippen MR) is 95.8 cm³/mol. The van der Waals surface area contributed by atoms with Crippen LogP contribution in [-0.2, 0) is 0 Å². The van der Waals surface area contributed by atoms with Crippen molar-refractivity contribution in [3.8, 4) is 0 Å². The molecule has 0 spiro atoms. The molecule has 0 radical (unpaired) electrons. The Morgan fingerprint density at radius 1 is 1.26 bits per heavy atom. The Kier molecular flexibility index (Phi) is 9.12. The summed E-state index contributed by atoms with van der Waals surface area (Å²) >= 11 is 1.74. The summed E-state index contributed by atoms with van der Waals surface area (Å²) in [5.41, 5.74) is 0.855. The van der Waals surface area contributed by atoms with Gasteiger partial charge in [0.2, 0.25) is 0 Å². The van der Waals surface area contributed by atoms with Gasteiger partial charge in [0.05, 0.1) is 6.54 Å². The number of hydrogen-bond acceptors (Lipinski definition) is 3. The summed E-state index contributed by atoms with van der Waals surface area (Å²) in [4.78, 5) is 16.3. The second-order valence-corrected chi connectivity index (χ2v) is 5.89. The molecular weight excluding hydrogens is 315 g/mol. The summed E-state index contributed by atoms with van der Waals surface area (Å²) in [7, 11) is 0. The van der Waals surface area contributed by atoms with Gasteiger partial charge in [0.25, 0.3) is 5.91 Å². The summed E-state index contributed by atoms with van der Waals surface area (Å²) in [6, 6.07) is 4.48. The number of guanidine groups is 1. The zero-order valence-electron chi connectivity index (χ0n) is 13.9. The Morgan fingerprint density at radius 3 is 2.65 bits per heavy atom. The first kappa shape index (κ1) is 19.3. The number of thioether (sulfide) groups is 1. The fourth-order valence-corrected chi connectivity index (χ4v) is 2.06. The van der Waals surface area contributed by atoms with Crippen molar-refractivity contribution in [1.82, 2.24) is 16.0 Å². The molecule has 0 aliphatic rings. The molecular formula is C16H25FN4OS. The molecule has 7 heteroatoms. The molecule has 1 amide bonds. The maximum Gasteiger partial charge on any atom is 0.251 e. The summed E-state index contributed by atoms with van der Waals surface area (Å²) < 4.78 is 13.4. The third kappa shape index (κ3) is 7.36. The monoisotopic (exact) mass is 340 g/mol. The van der Waals surface area contributed by atoms with Gasteiger partial charge in [-0.2, -0.15) is 11.8 Å². The number of nitrogens with one attached hydrogen (secondary N) is 3. The summed E-state index contributed by atoms with van der Waals surface area (Å²) in [5, 5.41) is 9.05. The van der Waals surface area contributed by atoms with Crippen LogP contribution >= 0.6 is 11.8 Å². The van der Waals surface area contributed by atoms with Crippen LogP contribution in [-0.4, -0.2) is 50.1 Å². The maximum absolute atomic E-state index is 13.4. The van der Waals surface area contributed by atoms with E-state index in [1.165, 1.54) is 6.07 Å². The van der Waals surface area contributed by atoms with Crippen LogP contribution in [0.25, 0.3) is 0 Å². The molecule has 128 valence electrons. The van der Waals surface area contributed by atoms with E-state index in [9.17, 15) is 9.18 Å². The minimum Gasteiger partial charge on any atom is -0.357 e. The van der Waals surface area contributed by atoms with Gasteiger partial charge in [-0.25, -0.2) is 4.39 Å². The van der Waals surface area contributed by atoms with Gasteiger partial charge < -0.3 is 16.0 Å². The van der Waals surface area contributed by atoms with Crippen LogP contribution in [0.15, 0.2) is 23.2 Å². The van der Waals surface area contributed by atoms with Crippen LogP contribution in [0.1, 0.15) is 22.8 Å². The number of aryl methyl sites for hydroxylation is 1. The number of rotatable bonds is 8. The number of benzene rings is 1. The first-order chi connectivity index (χ1) is 11.1. The maximum atomic E-state index is 13.4. The highest BCUT2D eigenvalue weighted by Crippen LogP contribution is 2.08. The molecule has 5 nitrogen and oxygen atoms in total. The van der Waals surface area contributed by atoms with E-state index in [4.69, 9.17) is 0 Å². The Hall–Kier alpha value is -1.76. The van der Waals surface area contributed by atoms with Gasteiger partial charge in [-0.3, -0.25) is 9.79 Å². The SMILES string of the molecule is CCNC(=NCCSC)NCCNC(=O)c1ccc(C)c(F)c1. The van der Waals surface area contributed by atoms with Gasteiger partial charge in [-0.05, 0) is 37.8 Å². The van der Waals surface area contributed by atoms with Crippen molar-refractivity contribution < 1.29 is 9.18 Å². The minimum atomic E-state index is -0.369. The van der Waals surface area contributed by atoms with Crippen LogP contribution in [0.2, 0.25) is 0 Å². The lowest BCUT2D eigenvalue weighted by Crippen LogP contribution is -2.41. The fraction of sp³-hybridized carbons (Fsp3) is 0.500. The second-order valence-electron chi connectivity index (χ2n) is 4.90. The third-order valence-corrected chi connectivity index (χ3v) is 3.64. The summed E-state index contributed by atoms with van der Waals surface area (Å²) in [5.74, 6) is 1.05. The van der Waals surface area contributed by atoms with Crippen LogP contribution in [0, 0.1) is 12.7 Å². The first-order valence-electron chi connectivity index (χ1n) is 7.64. The number of halogens is 1. The molecule has 3 N–H and O–H groups in total. The van der Waals surface area contributed by atoms with Crippen LogP contribution in [0.4, 0.5) is 4.39 Å². The molecule has 1 rings (SSSR count). The molecule has 0 heterocycles. The Morgan fingerprint density at radius 2 is 2.00 bits per heavy atom. The highest BCUT2D eigenvalue weighted by molar-refractivity contribution is 7.98. The highest BCUT2D eigenvalue weighted by Gasteiger charge is 2.07. The molecule has 23 heavy (non-hydrogen) atoms. The van der Waals surface area contributed by atoms with Crippen molar-refractivity contribution in [2.45, 2.75) is 13.8 Å². The smallest absolute Gasteiger partial charge is 0.251 e. The number of carbonyl (C=O) groups excluding carboxylic acids is 1. The minimum absolute atomic E-state index is 0.282. The topological polar surface area (TPSA) is 65.5 Å². The summed E-state index contributed by atoms with van der Waals surface area (Å²) in [6.45, 7) is 6.16. The molecule has 0 atom stereocenters. The van der Waals surface area contributed by atoms with Crippen molar-refractivity contribution in [2.75, 3.05) is 38.2 Å². The zero-order valence-corrected chi connectivity index (χ0v) is 14.7. The first-order valence-corrected chi connectivity index (χ1v) is 9.03. The molecule has 0 saturated heterocycles. The van der Waals surface area contributed by atoms with Gasteiger partial charge in [0.15, 0.2) is 5.96 Å². The number of hydrogen-bond donors (Lipinski definition) is 3. The van der Waals surface area contributed by atoms with E-state index in [1.54, 1.807) is 30.8 Å². The molecule has 0 bridgehead atoms. The van der Waals surface area contributed by atoms with E-state index in [-0.39, 0.29) is 11.7 Å². The van der Waals surface area contributed by atoms with Crippen LogP contribution < -0.4 is 16.0 Å². The van der Waals surface area contributed by atoms with Crippen molar-refractivity contribution in [3.05, 3.63) is 35.1 Å². The molecule has 0 fully saturated rings. The Bertz CT molecular complexity index is 537. The van der Waals surface area contributed by atoms with E-state index in [2.05, 4.69) is 20.9 Å². The lowest BCUT2D eigenvalue weighted by Gasteiger charge is -2.12. The highest BCUT2D eigenvalue weighted by atomic mass is 32.2. The number of aliphatic imine (C=N–C) groups is 1. The zero-order chi connectivity index (χ0) is 17.1. The standard InChI is InChI=1S/C16H25FN4OS/c1-4-18-16(21-9-10-23-3)20-8-7-19-15(22)13-6-5-12(2)14(17)11-13/h5-6,11H,4,7-10H2,1-3H3,(H,19,22)(H2,18,20,21). The molecule has 1 aromatic carbocycles. The Balaban J connectivity index is 2.38. The van der Waals surface area contributed by atoms with Crippen molar-refractivity contribution in [1.29, 1.82) is 0 Å². The number of carbonyl (C=O) groups is 1. The Labute approximate surface area is 141 Å². The second kappa shape index (κ2) is 10.9. The van der Waals surface area contributed by atoms with Gasteiger partial charge in [0, 0.05) is 31.0 Å². The van der Waals surface area contributed by atoms with Crippen molar-refractivity contribution >= 4 is 23.6 Å². The lowest BCUT2D eigenvalue weighted by molar-refractivity contribution is 0.0954. The lowest BCUT2D eigenvalue weighted by atomic mass is 10.1. The van der Waals surface area contributed by atoms with Gasteiger partial charge >= 0.3 is 0 Å². The average Bonchev–Trinajstić information content (AvgIpc) is 2.54. The molecule has 0 aliphatic heterocycles. The van der Waals surface area contributed by atoms with Crippen molar-refractivity contribution in [3.63, 3.8) is 0 Å². The van der Waals surface area contributed by atoms with E-state index >= 15 is 0 Å². The summed E-state index contributed by atoms with van der Waals surface area (Å²) in [6.07, 6.45) is 2.04. The van der Waals surface area contributed by atoms with Crippen LogP contribution in [0.5, 0.6) is 0 Å². The van der Waals surface area contributed by atoms with E-state index in [1.807, 2.05) is 13.2 Å². The molecule has 0 aromatic heterocycles. The fourth-order valence-electron chi connectivity index (χ4n) is 1.78. The van der Waals surface area contributed by atoms with Gasteiger partial charge in [0.1, 0.15) is 5.82 Å². The van der Waals surface area contributed by atoms with Gasteiger partial charge in [-0.15, -0.1) is 0 Å². The van der Waals surface area contributed by atoms with Gasteiger partial charge in [-0.1, -0.05) is 6.07 Å². The normalized spacial score (nSPS) is 11.2. The molecule has 0 saturated carbocycles. The largest absolute Gasteiger partial charge is 0.357 e. The third-order valence-electron chi connectivity index (χ3n) is 3.05. The van der Waals surface area contributed by atoms with E-state index in [0.717, 1.165) is 24.8 Å². The number of amides is 1. The average molecular weight is 340 g/mol. The molecule has 1 aromatic rings. The molecule has 0 unspecified atom stereocenters. The van der Waals surface area contributed by atoms with Crippen LogP contribution in [0.3, 0.4) is 0 Å². The van der Waals surface area contributed by atoms with E-state index < -0.39 is 0 Å².